The van der Waals surface area contributed by atoms with Crippen LogP contribution in [0.5, 0.6) is 0 Å². The Kier molecular flexibility index (Phi) is 5.64. The van der Waals surface area contributed by atoms with E-state index in [9.17, 15) is 8.42 Å². The van der Waals surface area contributed by atoms with Gasteiger partial charge < -0.3 is 5.73 Å². The summed E-state index contributed by atoms with van der Waals surface area (Å²) in [7, 11) is -3.69. The molecule has 0 bridgehead atoms. The van der Waals surface area contributed by atoms with Gasteiger partial charge in [0.25, 0.3) is 0 Å². The highest BCUT2D eigenvalue weighted by Gasteiger charge is 2.25. The van der Waals surface area contributed by atoms with Crippen molar-refractivity contribution in [3.05, 3.63) is 23.2 Å². The van der Waals surface area contributed by atoms with Crippen LogP contribution in [0.1, 0.15) is 33.6 Å². The van der Waals surface area contributed by atoms with Crippen molar-refractivity contribution in [1.29, 1.82) is 0 Å². The molecule has 1 aromatic rings. The van der Waals surface area contributed by atoms with Gasteiger partial charge in [0.2, 0.25) is 10.0 Å². The molecule has 1 atom stereocenters. The molecule has 0 saturated carbocycles. The van der Waals surface area contributed by atoms with Crippen molar-refractivity contribution in [3.8, 4) is 0 Å². The van der Waals surface area contributed by atoms with Gasteiger partial charge >= 0.3 is 0 Å². The summed E-state index contributed by atoms with van der Waals surface area (Å²) >= 11 is 5.95. The van der Waals surface area contributed by atoms with Gasteiger partial charge in [-0.3, -0.25) is 0 Å². The fourth-order valence-corrected chi connectivity index (χ4v) is 4.19. The molecule has 0 saturated heterocycles. The third-order valence-electron chi connectivity index (χ3n) is 3.36. The van der Waals surface area contributed by atoms with Crippen LogP contribution in [0.15, 0.2) is 23.1 Å². The number of nitrogen functional groups attached to an aromatic ring is 1. The summed E-state index contributed by atoms with van der Waals surface area (Å²) in [4.78, 5) is -0.0329. The second kappa shape index (κ2) is 6.59. The number of halogens is 1. The Labute approximate surface area is 120 Å². The lowest BCUT2D eigenvalue weighted by molar-refractivity contribution is 0.391. The summed E-state index contributed by atoms with van der Waals surface area (Å²) < 4.78 is 27.4. The molecule has 1 aromatic carbocycles. The molecule has 0 heterocycles. The Morgan fingerprint density at radius 3 is 2.37 bits per heavy atom. The first kappa shape index (κ1) is 16.3. The van der Waals surface area contributed by atoms with Crippen molar-refractivity contribution in [2.75, 3.05) is 5.73 Å². The van der Waals surface area contributed by atoms with Gasteiger partial charge in [0.05, 0.1) is 10.7 Å². The maximum atomic E-state index is 12.3. The number of sulfonamides is 1. The lowest BCUT2D eigenvalue weighted by Crippen LogP contribution is -2.38. The summed E-state index contributed by atoms with van der Waals surface area (Å²) in [6.45, 7) is 5.95. The molecule has 0 aliphatic heterocycles. The number of rotatable bonds is 6. The Morgan fingerprint density at radius 2 is 1.89 bits per heavy atom. The van der Waals surface area contributed by atoms with Crippen molar-refractivity contribution in [3.63, 3.8) is 0 Å². The van der Waals surface area contributed by atoms with Gasteiger partial charge in [-0.1, -0.05) is 44.4 Å². The number of nitrogens with two attached hydrogens (primary N) is 1. The molecule has 3 N–H and O–H groups in total. The zero-order valence-electron chi connectivity index (χ0n) is 11.5. The SMILES string of the molecule is CCC(CC)C(C)NS(=O)(=O)c1c(N)cccc1Cl. The Bertz CT molecular complexity index is 507. The van der Waals surface area contributed by atoms with Crippen molar-refractivity contribution in [1.82, 2.24) is 4.72 Å². The number of anilines is 1. The van der Waals surface area contributed by atoms with Crippen LogP contribution in [-0.4, -0.2) is 14.5 Å². The van der Waals surface area contributed by atoms with Crippen molar-refractivity contribution in [2.24, 2.45) is 5.92 Å². The lowest BCUT2D eigenvalue weighted by atomic mass is 9.96. The van der Waals surface area contributed by atoms with Crippen molar-refractivity contribution >= 4 is 27.3 Å². The van der Waals surface area contributed by atoms with E-state index in [2.05, 4.69) is 4.72 Å². The fraction of sp³-hybridized carbons (Fsp3) is 0.538. The predicted molar refractivity (Wildman–Crippen MR) is 79.7 cm³/mol. The van der Waals surface area contributed by atoms with E-state index in [1.54, 1.807) is 6.07 Å². The van der Waals surface area contributed by atoms with Crippen LogP contribution in [0.25, 0.3) is 0 Å². The van der Waals surface area contributed by atoms with E-state index in [0.29, 0.717) is 5.92 Å². The fourth-order valence-electron chi connectivity index (χ4n) is 2.20. The van der Waals surface area contributed by atoms with Crippen molar-refractivity contribution < 1.29 is 8.42 Å². The van der Waals surface area contributed by atoms with E-state index in [1.807, 2.05) is 20.8 Å². The highest BCUT2D eigenvalue weighted by Crippen LogP contribution is 2.27. The van der Waals surface area contributed by atoms with E-state index < -0.39 is 10.0 Å². The molecule has 0 fully saturated rings. The molecule has 6 heteroatoms. The van der Waals surface area contributed by atoms with Gasteiger partial charge in [-0.25, -0.2) is 13.1 Å². The second-order valence-corrected chi connectivity index (χ2v) is 6.70. The topological polar surface area (TPSA) is 72.2 Å². The Hall–Kier alpha value is -0.780. The van der Waals surface area contributed by atoms with E-state index in [1.165, 1.54) is 12.1 Å². The van der Waals surface area contributed by atoms with E-state index >= 15 is 0 Å². The minimum Gasteiger partial charge on any atom is -0.398 e. The van der Waals surface area contributed by atoms with E-state index in [-0.39, 0.29) is 21.6 Å². The zero-order valence-corrected chi connectivity index (χ0v) is 13.1. The minimum absolute atomic E-state index is 0.0329. The molecule has 108 valence electrons. The van der Waals surface area contributed by atoms with Crippen LogP contribution in [0.2, 0.25) is 5.02 Å². The molecule has 0 aliphatic carbocycles. The molecule has 1 rings (SSSR count). The number of nitrogens with one attached hydrogen (secondary N) is 1. The Balaban J connectivity index is 3.06. The summed E-state index contributed by atoms with van der Waals surface area (Å²) in [6, 6.07) is 4.52. The summed E-state index contributed by atoms with van der Waals surface area (Å²) in [6.07, 6.45) is 1.83. The predicted octanol–water partition coefficient (Wildman–Crippen LogP) is 3.03. The molecule has 0 amide bonds. The first-order valence-corrected chi connectivity index (χ1v) is 8.25. The minimum atomic E-state index is -3.69. The third kappa shape index (κ3) is 3.84. The van der Waals surface area contributed by atoms with Crippen LogP contribution in [-0.2, 0) is 10.0 Å². The van der Waals surface area contributed by atoms with Crippen LogP contribution in [0, 0.1) is 5.92 Å². The molecule has 19 heavy (non-hydrogen) atoms. The number of hydrogen-bond donors (Lipinski definition) is 2. The first-order chi connectivity index (χ1) is 8.83. The normalized spacial score (nSPS) is 13.7. The van der Waals surface area contributed by atoms with Crippen LogP contribution >= 0.6 is 11.6 Å². The van der Waals surface area contributed by atoms with Gasteiger partial charge in [-0.05, 0) is 25.0 Å². The molecule has 0 spiro atoms. The van der Waals surface area contributed by atoms with Gasteiger partial charge in [0.1, 0.15) is 4.90 Å². The van der Waals surface area contributed by atoms with Crippen molar-refractivity contribution in [2.45, 2.75) is 44.6 Å². The van der Waals surface area contributed by atoms with Gasteiger partial charge in [-0.2, -0.15) is 0 Å². The van der Waals surface area contributed by atoms with Crippen LogP contribution < -0.4 is 10.5 Å². The smallest absolute Gasteiger partial charge is 0.244 e. The number of hydrogen-bond acceptors (Lipinski definition) is 3. The van der Waals surface area contributed by atoms with Crippen LogP contribution in [0.3, 0.4) is 0 Å². The maximum Gasteiger partial charge on any atom is 0.244 e. The van der Waals surface area contributed by atoms with Gasteiger partial charge in [-0.15, -0.1) is 0 Å². The molecule has 0 aromatic heterocycles. The lowest BCUT2D eigenvalue weighted by Gasteiger charge is -2.23. The zero-order chi connectivity index (χ0) is 14.6. The molecule has 1 unspecified atom stereocenters. The second-order valence-electron chi connectivity index (χ2n) is 4.64. The Morgan fingerprint density at radius 1 is 1.32 bits per heavy atom. The average molecular weight is 305 g/mol. The standard InChI is InChI=1S/C13H21ClN2O2S/c1-4-10(5-2)9(3)16-19(17,18)13-11(14)7-6-8-12(13)15/h6-10,16H,4-5,15H2,1-3H3. The quantitative estimate of drug-likeness (QED) is 0.793. The largest absolute Gasteiger partial charge is 0.398 e. The molecule has 4 nitrogen and oxygen atoms in total. The maximum absolute atomic E-state index is 12.3. The average Bonchev–Trinajstić information content (AvgIpc) is 2.28. The van der Waals surface area contributed by atoms with E-state index in [4.69, 9.17) is 17.3 Å². The number of benzene rings is 1. The molecule has 0 radical (unpaired) electrons. The summed E-state index contributed by atoms with van der Waals surface area (Å²) in [5.74, 6) is 0.290. The molecular formula is C13H21ClN2O2S. The first-order valence-electron chi connectivity index (χ1n) is 6.39. The highest BCUT2D eigenvalue weighted by molar-refractivity contribution is 7.89. The third-order valence-corrected chi connectivity index (χ3v) is 5.47. The van der Waals surface area contributed by atoms with Crippen LogP contribution in [0.4, 0.5) is 5.69 Å². The monoisotopic (exact) mass is 304 g/mol. The van der Waals surface area contributed by atoms with Gasteiger partial charge in [0.15, 0.2) is 0 Å². The van der Waals surface area contributed by atoms with Gasteiger partial charge in [0, 0.05) is 6.04 Å². The summed E-state index contributed by atoms with van der Waals surface area (Å²) in [5.41, 5.74) is 5.88. The molecular weight excluding hydrogens is 284 g/mol. The molecule has 0 aliphatic rings. The summed E-state index contributed by atoms with van der Waals surface area (Å²) in [5, 5.41) is 0.143. The highest BCUT2D eigenvalue weighted by atomic mass is 35.5. The van der Waals surface area contributed by atoms with E-state index in [0.717, 1.165) is 12.8 Å².